The Morgan fingerprint density at radius 2 is 2.22 bits per heavy atom. The van der Waals surface area contributed by atoms with Crippen LogP contribution in [-0.2, 0) is 6.42 Å². The van der Waals surface area contributed by atoms with Crippen molar-refractivity contribution in [3.63, 3.8) is 0 Å². The molecule has 1 unspecified atom stereocenters. The van der Waals surface area contributed by atoms with Gasteiger partial charge >= 0.3 is 0 Å². The maximum atomic E-state index is 6.05. The fourth-order valence-corrected chi connectivity index (χ4v) is 3.95. The molecule has 0 radical (unpaired) electrons. The van der Waals surface area contributed by atoms with Crippen LogP contribution < -0.4 is 5.32 Å². The monoisotopic (exact) mass is 341 g/mol. The Morgan fingerprint density at radius 1 is 1.33 bits per heavy atom. The summed E-state index contributed by atoms with van der Waals surface area (Å²) in [5.74, 6) is 0. The minimum Gasteiger partial charge on any atom is -0.377 e. The standard InChI is InChI=1S/C14H13BrClNS/c15-11-5-4-9(16)8-13(11)17-12-2-1-3-14-10(12)6-7-18-14/h4-8,12,17H,1-3H2. The van der Waals surface area contributed by atoms with E-state index in [1.165, 1.54) is 29.7 Å². The summed E-state index contributed by atoms with van der Waals surface area (Å²) >= 11 is 11.5. The van der Waals surface area contributed by atoms with E-state index in [1.807, 2.05) is 29.5 Å². The van der Waals surface area contributed by atoms with Crippen molar-refractivity contribution in [1.82, 2.24) is 0 Å². The zero-order chi connectivity index (χ0) is 12.5. The van der Waals surface area contributed by atoms with E-state index in [0.29, 0.717) is 6.04 Å². The second kappa shape index (κ2) is 5.24. The molecule has 1 aromatic carbocycles. The molecule has 0 aliphatic heterocycles. The lowest BCUT2D eigenvalue weighted by molar-refractivity contribution is 0.608. The number of fused-ring (bicyclic) bond motifs is 1. The molecule has 1 atom stereocenters. The Hall–Kier alpha value is -0.510. The van der Waals surface area contributed by atoms with Crippen molar-refractivity contribution in [3.8, 4) is 0 Å². The molecule has 1 aliphatic rings. The predicted octanol–water partition coefficient (Wildman–Crippen LogP) is 5.65. The highest BCUT2D eigenvalue weighted by Gasteiger charge is 2.21. The van der Waals surface area contributed by atoms with Crippen LogP contribution in [0, 0.1) is 0 Å². The molecule has 94 valence electrons. The summed E-state index contributed by atoms with van der Waals surface area (Å²) < 4.78 is 1.06. The third kappa shape index (κ3) is 2.44. The number of halogens is 2. The molecule has 1 aliphatic carbocycles. The third-order valence-corrected chi connectivity index (χ3v) is 5.23. The molecule has 2 aromatic rings. The Bertz CT molecular complexity index is 567. The van der Waals surface area contributed by atoms with Crippen LogP contribution in [0.4, 0.5) is 5.69 Å². The van der Waals surface area contributed by atoms with Crippen molar-refractivity contribution in [2.75, 3.05) is 5.32 Å². The third-order valence-electron chi connectivity index (χ3n) is 3.31. The molecular weight excluding hydrogens is 330 g/mol. The van der Waals surface area contributed by atoms with Crippen molar-refractivity contribution >= 4 is 44.6 Å². The van der Waals surface area contributed by atoms with Gasteiger partial charge in [-0.2, -0.15) is 0 Å². The lowest BCUT2D eigenvalue weighted by Crippen LogP contribution is -2.15. The van der Waals surface area contributed by atoms with Gasteiger partial charge in [0.2, 0.25) is 0 Å². The number of hydrogen-bond acceptors (Lipinski definition) is 2. The fraction of sp³-hybridized carbons (Fsp3) is 0.286. The molecule has 1 N–H and O–H groups in total. The van der Waals surface area contributed by atoms with Crippen LogP contribution in [0.5, 0.6) is 0 Å². The molecule has 0 spiro atoms. The number of hydrogen-bond donors (Lipinski definition) is 1. The van der Waals surface area contributed by atoms with E-state index in [0.717, 1.165) is 15.2 Å². The first kappa shape index (κ1) is 12.5. The van der Waals surface area contributed by atoms with E-state index in [4.69, 9.17) is 11.6 Å². The molecule has 1 nitrogen and oxygen atoms in total. The number of rotatable bonds is 2. The largest absolute Gasteiger partial charge is 0.377 e. The summed E-state index contributed by atoms with van der Waals surface area (Å²) in [6.07, 6.45) is 3.66. The van der Waals surface area contributed by atoms with Crippen LogP contribution in [0.1, 0.15) is 29.3 Å². The van der Waals surface area contributed by atoms with Crippen molar-refractivity contribution in [1.29, 1.82) is 0 Å². The van der Waals surface area contributed by atoms with Gasteiger partial charge < -0.3 is 5.32 Å². The van der Waals surface area contributed by atoms with Gasteiger partial charge in [0.25, 0.3) is 0 Å². The van der Waals surface area contributed by atoms with E-state index in [9.17, 15) is 0 Å². The van der Waals surface area contributed by atoms with Gasteiger partial charge in [-0.15, -0.1) is 11.3 Å². The van der Waals surface area contributed by atoms with E-state index in [2.05, 4.69) is 32.7 Å². The van der Waals surface area contributed by atoms with Crippen molar-refractivity contribution in [3.05, 3.63) is 49.6 Å². The predicted molar refractivity (Wildman–Crippen MR) is 82.8 cm³/mol. The first-order chi connectivity index (χ1) is 8.74. The molecule has 18 heavy (non-hydrogen) atoms. The van der Waals surface area contributed by atoms with Crippen LogP contribution >= 0.6 is 38.9 Å². The topological polar surface area (TPSA) is 12.0 Å². The summed E-state index contributed by atoms with van der Waals surface area (Å²) in [6.45, 7) is 0. The highest BCUT2D eigenvalue weighted by atomic mass is 79.9. The summed E-state index contributed by atoms with van der Waals surface area (Å²) in [7, 11) is 0. The molecule has 1 aromatic heterocycles. The number of benzene rings is 1. The van der Waals surface area contributed by atoms with E-state index < -0.39 is 0 Å². The molecule has 0 bridgehead atoms. The summed E-state index contributed by atoms with van der Waals surface area (Å²) in [5.41, 5.74) is 2.53. The summed E-state index contributed by atoms with van der Waals surface area (Å²) in [5, 5.41) is 6.57. The Labute approximate surface area is 124 Å². The highest BCUT2D eigenvalue weighted by molar-refractivity contribution is 9.10. The van der Waals surface area contributed by atoms with Gasteiger partial charge in [-0.1, -0.05) is 11.6 Å². The fourth-order valence-electron chi connectivity index (χ4n) is 2.43. The Kier molecular flexibility index (Phi) is 3.64. The Balaban J connectivity index is 1.88. The summed E-state index contributed by atoms with van der Waals surface area (Å²) in [6, 6.07) is 8.52. The zero-order valence-corrected chi connectivity index (χ0v) is 12.9. The van der Waals surface area contributed by atoms with Crippen LogP contribution in [0.15, 0.2) is 34.1 Å². The Morgan fingerprint density at radius 3 is 3.11 bits per heavy atom. The molecule has 0 amide bonds. The van der Waals surface area contributed by atoms with E-state index in [1.54, 1.807) is 0 Å². The maximum Gasteiger partial charge on any atom is 0.0525 e. The van der Waals surface area contributed by atoms with Gasteiger partial charge in [0.15, 0.2) is 0 Å². The molecule has 1 heterocycles. The van der Waals surface area contributed by atoms with E-state index >= 15 is 0 Å². The van der Waals surface area contributed by atoms with Gasteiger partial charge in [0.05, 0.1) is 11.7 Å². The molecule has 3 rings (SSSR count). The molecule has 0 saturated heterocycles. The number of nitrogens with one attached hydrogen (secondary N) is 1. The van der Waals surface area contributed by atoms with E-state index in [-0.39, 0.29) is 0 Å². The van der Waals surface area contributed by atoms with Crippen LogP contribution in [0.2, 0.25) is 5.02 Å². The lowest BCUT2D eigenvalue weighted by Gasteiger charge is -2.25. The average molecular weight is 343 g/mol. The smallest absolute Gasteiger partial charge is 0.0525 e. The van der Waals surface area contributed by atoms with Gasteiger partial charge in [-0.3, -0.25) is 0 Å². The minimum absolute atomic E-state index is 0.412. The first-order valence-corrected chi connectivity index (χ1v) is 8.07. The van der Waals surface area contributed by atoms with Crippen molar-refractivity contribution < 1.29 is 0 Å². The maximum absolute atomic E-state index is 6.05. The van der Waals surface area contributed by atoms with Crippen molar-refractivity contribution in [2.24, 2.45) is 0 Å². The quantitative estimate of drug-likeness (QED) is 0.743. The van der Waals surface area contributed by atoms with Gasteiger partial charge in [0.1, 0.15) is 0 Å². The molecule has 4 heteroatoms. The number of thiophene rings is 1. The molecule has 0 saturated carbocycles. The SMILES string of the molecule is Clc1ccc(Br)c(NC2CCCc3sccc32)c1. The van der Waals surface area contributed by atoms with Crippen LogP contribution in [0.3, 0.4) is 0 Å². The second-order valence-electron chi connectivity index (χ2n) is 4.51. The second-order valence-corrected chi connectivity index (χ2v) is 6.80. The summed E-state index contributed by atoms with van der Waals surface area (Å²) in [4.78, 5) is 1.52. The minimum atomic E-state index is 0.412. The van der Waals surface area contributed by atoms with Gasteiger partial charge in [0, 0.05) is 14.4 Å². The zero-order valence-electron chi connectivity index (χ0n) is 9.75. The lowest BCUT2D eigenvalue weighted by atomic mass is 9.94. The molecule has 0 fully saturated rings. The number of anilines is 1. The molecular formula is C14H13BrClNS. The van der Waals surface area contributed by atoms with Gasteiger partial charge in [-0.25, -0.2) is 0 Å². The van der Waals surface area contributed by atoms with Gasteiger partial charge in [-0.05, 0) is 70.4 Å². The number of aryl methyl sites for hydroxylation is 1. The van der Waals surface area contributed by atoms with Crippen LogP contribution in [0.25, 0.3) is 0 Å². The highest BCUT2D eigenvalue weighted by Crippen LogP contribution is 2.37. The average Bonchev–Trinajstić information content (AvgIpc) is 2.83. The first-order valence-electron chi connectivity index (χ1n) is 6.02. The normalized spacial score (nSPS) is 18.4. The van der Waals surface area contributed by atoms with Crippen molar-refractivity contribution in [2.45, 2.75) is 25.3 Å². The van der Waals surface area contributed by atoms with Crippen LogP contribution in [-0.4, -0.2) is 0 Å².